The number of rotatable bonds is 8. The van der Waals surface area contributed by atoms with Gasteiger partial charge in [-0.3, -0.25) is 9.59 Å². The second-order valence-electron chi connectivity index (χ2n) is 4.27. The molecule has 0 saturated heterocycles. The van der Waals surface area contributed by atoms with Crippen molar-refractivity contribution in [3.05, 3.63) is 22.4 Å². The van der Waals surface area contributed by atoms with E-state index in [9.17, 15) is 9.59 Å². The van der Waals surface area contributed by atoms with Crippen LogP contribution < -0.4 is 5.32 Å². The Balaban J connectivity index is 2.12. The Bertz CT molecular complexity index is 376. The van der Waals surface area contributed by atoms with Crippen LogP contribution in [0.3, 0.4) is 0 Å². The number of carbonyl (C=O) groups excluding carboxylic acids is 1. The summed E-state index contributed by atoms with van der Waals surface area (Å²) in [6.07, 6.45) is 2.54. The van der Waals surface area contributed by atoms with E-state index in [2.05, 4.69) is 5.32 Å². The molecular formula is C13H19NO3S. The van der Waals surface area contributed by atoms with E-state index in [0.717, 1.165) is 18.4 Å². The number of thiophene rings is 1. The number of amides is 1. The van der Waals surface area contributed by atoms with Crippen molar-refractivity contribution in [1.29, 1.82) is 0 Å². The van der Waals surface area contributed by atoms with Crippen molar-refractivity contribution in [2.75, 3.05) is 6.54 Å². The van der Waals surface area contributed by atoms with Gasteiger partial charge in [-0.15, -0.1) is 0 Å². The molecule has 1 rings (SSSR count). The summed E-state index contributed by atoms with van der Waals surface area (Å²) in [4.78, 5) is 22.1. The van der Waals surface area contributed by atoms with Crippen LogP contribution in [-0.2, 0) is 9.59 Å². The van der Waals surface area contributed by atoms with Gasteiger partial charge in [-0.25, -0.2) is 0 Å². The van der Waals surface area contributed by atoms with Crippen LogP contribution in [0.5, 0.6) is 0 Å². The second-order valence-corrected chi connectivity index (χ2v) is 5.05. The van der Waals surface area contributed by atoms with Crippen LogP contribution in [0.2, 0.25) is 0 Å². The summed E-state index contributed by atoms with van der Waals surface area (Å²) >= 11 is 1.59. The molecule has 1 amide bonds. The molecule has 4 nitrogen and oxygen atoms in total. The van der Waals surface area contributed by atoms with E-state index in [-0.39, 0.29) is 18.2 Å². The SMILES string of the molecule is CC(C(=O)NCCCCCC(=O)O)c1ccsc1. The summed E-state index contributed by atoms with van der Waals surface area (Å²) < 4.78 is 0. The lowest BCUT2D eigenvalue weighted by atomic mass is 10.0. The minimum absolute atomic E-state index is 0.0339. The quantitative estimate of drug-likeness (QED) is 0.713. The highest BCUT2D eigenvalue weighted by Gasteiger charge is 2.14. The Kier molecular flexibility index (Phi) is 6.43. The number of carboxylic acids is 1. The van der Waals surface area contributed by atoms with Crippen LogP contribution in [0, 0.1) is 0 Å². The highest BCUT2D eigenvalue weighted by Crippen LogP contribution is 2.18. The van der Waals surface area contributed by atoms with Gasteiger partial charge in [0.2, 0.25) is 5.91 Å². The maximum atomic E-state index is 11.8. The Morgan fingerprint density at radius 1 is 1.39 bits per heavy atom. The number of aliphatic carboxylic acids is 1. The topological polar surface area (TPSA) is 66.4 Å². The van der Waals surface area contributed by atoms with E-state index in [1.54, 1.807) is 11.3 Å². The first-order valence-electron chi connectivity index (χ1n) is 6.13. The molecule has 0 radical (unpaired) electrons. The van der Waals surface area contributed by atoms with Gasteiger partial charge in [-0.2, -0.15) is 11.3 Å². The van der Waals surface area contributed by atoms with Crippen molar-refractivity contribution < 1.29 is 14.7 Å². The molecule has 0 saturated carbocycles. The van der Waals surface area contributed by atoms with Gasteiger partial charge < -0.3 is 10.4 Å². The minimum Gasteiger partial charge on any atom is -0.481 e. The fraction of sp³-hybridized carbons (Fsp3) is 0.538. The Morgan fingerprint density at radius 2 is 2.17 bits per heavy atom. The summed E-state index contributed by atoms with van der Waals surface area (Å²) in [6.45, 7) is 2.51. The highest BCUT2D eigenvalue weighted by molar-refractivity contribution is 7.08. The molecule has 0 aromatic carbocycles. The first-order chi connectivity index (χ1) is 8.61. The lowest BCUT2D eigenvalue weighted by Crippen LogP contribution is -2.28. The molecule has 0 fully saturated rings. The highest BCUT2D eigenvalue weighted by atomic mass is 32.1. The van der Waals surface area contributed by atoms with Crippen molar-refractivity contribution in [3.63, 3.8) is 0 Å². The summed E-state index contributed by atoms with van der Waals surface area (Å²) in [5.74, 6) is -0.841. The molecule has 0 aliphatic rings. The van der Waals surface area contributed by atoms with E-state index in [1.807, 2.05) is 23.8 Å². The maximum absolute atomic E-state index is 11.8. The lowest BCUT2D eigenvalue weighted by Gasteiger charge is -2.10. The molecule has 0 spiro atoms. The predicted molar refractivity (Wildman–Crippen MR) is 71.8 cm³/mol. The van der Waals surface area contributed by atoms with Crippen LogP contribution in [-0.4, -0.2) is 23.5 Å². The standard InChI is InChI=1S/C13H19NO3S/c1-10(11-6-8-18-9-11)13(17)14-7-4-2-3-5-12(15)16/h6,8-10H,2-5,7H2,1H3,(H,14,17)(H,15,16). The zero-order valence-corrected chi connectivity index (χ0v) is 11.3. The lowest BCUT2D eigenvalue weighted by molar-refractivity contribution is -0.137. The zero-order valence-electron chi connectivity index (χ0n) is 10.5. The maximum Gasteiger partial charge on any atom is 0.303 e. The van der Waals surface area contributed by atoms with Crippen molar-refractivity contribution in [3.8, 4) is 0 Å². The van der Waals surface area contributed by atoms with Crippen LogP contribution >= 0.6 is 11.3 Å². The molecule has 1 unspecified atom stereocenters. The molecule has 18 heavy (non-hydrogen) atoms. The van der Waals surface area contributed by atoms with E-state index in [0.29, 0.717) is 13.0 Å². The number of hydrogen-bond acceptors (Lipinski definition) is 3. The van der Waals surface area contributed by atoms with E-state index in [4.69, 9.17) is 5.11 Å². The third-order valence-corrected chi connectivity index (χ3v) is 3.50. The van der Waals surface area contributed by atoms with Gasteiger partial charge in [0.1, 0.15) is 0 Å². The number of hydrogen-bond donors (Lipinski definition) is 2. The van der Waals surface area contributed by atoms with Gasteiger partial charge in [-0.05, 0) is 42.2 Å². The molecule has 0 aliphatic heterocycles. The fourth-order valence-corrected chi connectivity index (χ4v) is 2.37. The largest absolute Gasteiger partial charge is 0.481 e. The Labute approximate surface area is 111 Å². The van der Waals surface area contributed by atoms with Gasteiger partial charge in [0.15, 0.2) is 0 Å². The van der Waals surface area contributed by atoms with E-state index < -0.39 is 5.97 Å². The molecule has 0 aliphatic carbocycles. The van der Waals surface area contributed by atoms with Gasteiger partial charge >= 0.3 is 5.97 Å². The molecular weight excluding hydrogens is 250 g/mol. The molecule has 1 heterocycles. The van der Waals surface area contributed by atoms with Gasteiger partial charge in [0.05, 0.1) is 5.92 Å². The molecule has 1 aromatic rings. The zero-order chi connectivity index (χ0) is 13.4. The van der Waals surface area contributed by atoms with Gasteiger partial charge in [0.25, 0.3) is 0 Å². The molecule has 0 bridgehead atoms. The first kappa shape index (κ1) is 14.7. The Hall–Kier alpha value is -1.36. The average molecular weight is 269 g/mol. The third-order valence-electron chi connectivity index (χ3n) is 2.80. The Morgan fingerprint density at radius 3 is 2.78 bits per heavy atom. The molecule has 1 atom stereocenters. The summed E-state index contributed by atoms with van der Waals surface area (Å²) in [5, 5.41) is 15.3. The van der Waals surface area contributed by atoms with E-state index >= 15 is 0 Å². The van der Waals surface area contributed by atoms with Gasteiger partial charge in [0, 0.05) is 13.0 Å². The van der Waals surface area contributed by atoms with Crippen molar-refractivity contribution in [2.24, 2.45) is 0 Å². The van der Waals surface area contributed by atoms with Crippen molar-refractivity contribution >= 4 is 23.2 Å². The fourth-order valence-electron chi connectivity index (χ4n) is 1.62. The van der Waals surface area contributed by atoms with Crippen molar-refractivity contribution in [1.82, 2.24) is 5.32 Å². The monoisotopic (exact) mass is 269 g/mol. The second kappa shape index (κ2) is 7.87. The normalized spacial score (nSPS) is 12.1. The summed E-state index contributed by atoms with van der Waals surface area (Å²) in [7, 11) is 0. The molecule has 5 heteroatoms. The van der Waals surface area contributed by atoms with Crippen LogP contribution in [0.15, 0.2) is 16.8 Å². The average Bonchev–Trinajstić information content (AvgIpc) is 2.85. The third kappa shape index (κ3) is 5.31. The first-order valence-corrected chi connectivity index (χ1v) is 7.07. The molecule has 1 aromatic heterocycles. The van der Waals surface area contributed by atoms with E-state index in [1.165, 1.54) is 0 Å². The summed E-state index contributed by atoms with van der Waals surface area (Å²) in [5.41, 5.74) is 1.04. The number of nitrogens with one attached hydrogen (secondary N) is 1. The van der Waals surface area contributed by atoms with Gasteiger partial charge in [-0.1, -0.05) is 6.42 Å². The van der Waals surface area contributed by atoms with Crippen molar-refractivity contribution in [2.45, 2.75) is 38.5 Å². The minimum atomic E-state index is -0.759. The predicted octanol–water partition coefficient (Wildman–Crippen LogP) is 2.61. The number of carbonyl (C=O) groups is 2. The van der Waals surface area contributed by atoms with Crippen LogP contribution in [0.1, 0.15) is 44.1 Å². The molecule has 100 valence electrons. The van der Waals surface area contributed by atoms with Crippen LogP contribution in [0.4, 0.5) is 0 Å². The van der Waals surface area contributed by atoms with Crippen LogP contribution in [0.25, 0.3) is 0 Å². The number of carboxylic acid groups (broad SMARTS) is 1. The summed E-state index contributed by atoms with van der Waals surface area (Å²) in [6, 6.07) is 1.96. The smallest absolute Gasteiger partial charge is 0.303 e. The number of unbranched alkanes of at least 4 members (excludes halogenated alkanes) is 2. The molecule has 2 N–H and O–H groups in total.